The second-order valence-corrected chi connectivity index (χ2v) is 7.22. The van der Waals surface area contributed by atoms with Crippen molar-refractivity contribution in [1.29, 1.82) is 0 Å². The van der Waals surface area contributed by atoms with Gasteiger partial charge in [0, 0.05) is 17.2 Å². The number of halogens is 2. The summed E-state index contributed by atoms with van der Waals surface area (Å²) in [6, 6.07) is 2.04. The van der Waals surface area contributed by atoms with Gasteiger partial charge in [0.1, 0.15) is 11.6 Å². The number of nitrogen functional groups attached to an aromatic ring is 1. The molecule has 0 saturated heterocycles. The van der Waals surface area contributed by atoms with E-state index in [9.17, 15) is 17.2 Å². The Hall–Kier alpha value is -0.820. The Morgan fingerprint density at radius 2 is 1.78 bits per heavy atom. The fourth-order valence-corrected chi connectivity index (χ4v) is 4.17. The predicted molar refractivity (Wildman–Crippen MR) is 70.4 cm³/mol. The minimum absolute atomic E-state index is 0.00737. The molecule has 0 aliphatic rings. The maximum absolute atomic E-state index is 13.4. The van der Waals surface area contributed by atoms with Gasteiger partial charge in [0.05, 0.1) is 10.6 Å². The van der Waals surface area contributed by atoms with E-state index < -0.39 is 21.5 Å². The lowest BCUT2D eigenvalue weighted by Gasteiger charge is -2.06. The molecule has 0 saturated carbocycles. The topological polar surface area (TPSA) is 60.2 Å². The van der Waals surface area contributed by atoms with Crippen molar-refractivity contribution in [2.24, 2.45) is 0 Å². The summed E-state index contributed by atoms with van der Waals surface area (Å²) >= 11 is 0.850. The maximum Gasteiger partial charge on any atom is 0.151 e. The van der Waals surface area contributed by atoms with Crippen molar-refractivity contribution >= 4 is 27.3 Å². The van der Waals surface area contributed by atoms with Gasteiger partial charge in [-0.3, -0.25) is 0 Å². The van der Waals surface area contributed by atoms with Crippen LogP contribution in [0.25, 0.3) is 0 Å². The summed E-state index contributed by atoms with van der Waals surface area (Å²) in [5, 5.41) is 0. The van der Waals surface area contributed by atoms with Crippen LogP contribution in [0, 0.1) is 11.6 Å². The average Bonchev–Trinajstić information content (AvgIpc) is 2.21. The van der Waals surface area contributed by atoms with Crippen molar-refractivity contribution in [3.63, 3.8) is 0 Å². The van der Waals surface area contributed by atoms with E-state index in [0.717, 1.165) is 23.9 Å². The molecule has 0 amide bonds. The van der Waals surface area contributed by atoms with E-state index in [0.29, 0.717) is 6.42 Å². The normalized spacial score (nSPS) is 11.7. The van der Waals surface area contributed by atoms with E-state index in [1.165, 1.54) is 0 Å². The molecule has 0 fully saturated rings. The Labute approximate surface area is 110 Å². The van der Waals surface area contributed by atoms with E-state index in [1.807, 2.05) is 0 Å². The molecular formula is C11H15F2NO2S2. The minimum Gasteiger partial charge on any atom is -0.399 e. The number of hydrogen-bond acceptors (Lipinski definition) is 4. The van der Waals surface area contributed by atoms with E-state index in [4.69, 9.17) is 5.73 Å². The van der Waals surface area contributed by atoms with Gasteiger partial charge in [-0.2, -0.15) is 0 Å². The van der Waals surface area contributed by atoms with Crippen molar-refractivity contribution in [3.8, 4) is 0 Å². The van der Waals surface area contributed by atoms with Crippen LogP contribution in [0.2, 0.25) is 0 Å². The number of sulfone groups is 1. The molecule has 0 atom stereocenters. The van der Waals surface area contributed by atoms with Crippen LogP contribution in [0.15, 0.2) is 17.0 Å². The van der Waals surface area contributed by atoms with E-state index in [-0.39, 0.29) is 27.8 Å². The zero-order valence-electron chi connectivity index (χ0n) is 9.95. The number of hydrogen-bond donors (Lipinski definition) is 1. The van der Waals surface area contributed by atoms with E-state index >= 15 is 0 Å². The second-order valence-electron chi connectivity index (χ2n) is 3.81. The van der Waals surface area contributed by atoms with Crippen molar-refractivity contribution in [1.82, 2.24) is 0 Å². The molecule has 18 heavy (non-hydrogen) atoms. The van der Waals surface area contributed by atoms with Gasteiger partial charge < -0.3 is 5.73 Å². The van der Waals surface area contributed by atoms with Gasteiger partial charge in [0.15, 0.2) is 9.84 Å². The van der Waals surface area contributed by atoms with Crippen LogP contribution >= 0.6 is 11.8 Å². The third-order valence-electron chi connectivity index (χ3n) is 2.18. The predicted octanol–water partition coefficient (Wildman–Crippen LogP) is 2.46. The second kappa shape index (κ2) is 6.38. The zero-order valence-corrected chi connectivity index (χ0v) is 11.6. The molecule has 0 aliphatic heterocycles. The number of thioether (sulfide) groups is 1. The molecule has 7 heteroatoms. The van der Waals surface area contributed by atoms with Crippen LogP contribution in [0.5, 0.6) is 0 Å². The summed E-state index contributed by atoms with van der Waals surface area (Å²) in [5.41, 5.74) is 5.29. The molecule has 0 unspecified atom stereocenters. The fraction of sp³-hybridized carbons (Fsp3) is 0.455. The van der Waals surface area contributed by atoms with Gasteiger partial charge in [-0.25, -0.2) is 17.2 Å². The van der Waals surface area contributed by atoms with Gasteiger partial charge in [-0.1, -0.05) is 6.92 Å². The first kappa shape index (κ1) is 15.2. The molecular weight excluding hydrogens is 280 g/mol. The minimum atomic E-state index is -3.13. The Morgan fingerprint density at radius 3 is 2.28 bits per heavy atom. The highest BCUT2D eigenvalue weighted by Gasteiger charge is 2.14. The molecule has 1 aromatic rings. The molecule has 1 rings (SSSR count). The summed E-state index contributed by atoms with van der Waals surface area (Å²) < 4.78 is 49.6. The molecule has 0 bridgehead atoms. The third kappa shape index (κ3) is 4.45. The summed E-state index contributed by atoms with van der Waals surface area (Å²) in [4.78, 5) is -0.184. The van der Waals surface area contributed by atoms with Crippen molar-refractivity contribution in [2.45, 2.75) is 18.2 Å². The van der Waals surface area contributed by atoms with Gasteiger partial charge in [0.25, 0.3) is 0 Å². The van der Waals surface area contributed by atoms with Crippen LogP contribution < -0.4 is 5.73 Å². The number of rotatable bonds is 6. The van der Waals surface area contributed by atoms with Crippen molar-refractivity contribution < 1.29 is 17.2 Å². The number of nitrogens with two attached hydrogens (primary N) is 1. The molecule has 2 N–H and O–H groups in total. The van der Waals surface area contributed by atoms with Gasteiger partial charge in [-0.15, -0.1) is 11.8 Å². The Bertz CT molecular complexity index is 495. The molecule has 0 heterocycles. The summed E-state index contributed by atoms with van der Waals surface area (Å²) in [5.74, 6) is -1.38. The number of benzene rings is 1. The van der Waals surface area contributed by atoms with Crippen molar-refractivity contribution in [2.75, 3.05) is 23.0 Å². The molecule has 0 spiro atoms. The smallest absolute Gasteiger partial charge is 0.151 e. The summed E-state index contributed by atoms with van der Waals surface area (Å²) in [6.45, 7) is 1.77. The van der Waals surface area contributed by atoms with Crippen LogP contribution in [0.1, 0.15) is 13.3 Å². The number of anilines is 1. The van der Waals surface area contributed by atoms with E-state index in [1.54, 1.807) is 6.92 Å². The van der Waals surface area contributed by atoms with Gasteiger partial charge >= 0.3 is 0 Å². The van der Waals surface area contributed by atoms with Crippen molar-refractivity contribution in [3.05, 3.63) is 23.8 Å². The lowest BCUT2D eigenvalue weighted by Crippen LogP contribution is -2.12. The van der Waals surface area contributed by atoms with E-state index in [2.05, 4.69) is 0 Å². The standard InChI is InChI=1S/C11H15F2NO2S2/c1-2-4-18(15,16)5-3-17-11-9(12)6-8(14)7-10(11)13/h6-7H,2-5,14H2,1H3. The van der Waals surface area contributed by atoms with Gasteiger partial charge in [0.2, 0.25) is 0 Å². The van der Waals surface area contributed by atoms with Crippen LogP contribution in [-0.4, -0.2) is 25.7 Å². The lowest BCUT2D eigenvalue weighted by molar-refractivity contribution is 0.542. The summed E-state index contributed by atoms with van der Waals surface area (Å²) in [6.07, 6.45) is 0.539. The zero-order chi connectivity index (χ0) is 13.8. The monoisotopic (exact) mass is 295 g/mol. The molecule has 0 aliphatic carbocycles. The maximum atomic E-state index is 13.4. The Kier molecular flexibility index (Phi) is 5.40. The third-order valence-corrected chi connectivity index (χ3v) is 5.38. The quantitative estimate of drug-likeness (QED) is 0.647. The lowest BCUT2D eigenvalue weighted by atomic mass is 10.3. The van der Waals surface area contributed by atoms with Crippen LogP contribution in [-0.2, 0) is 9.84 Å². The van der Waals surface area contributed by atoms with Gasteiger partial charge in [-0.05, 0) is 18.6 Å². The molecule has 3 nitrogen and oxygen atoms in total. The van der Waals surface area contributed by atoms with Crippen LogP contribution in [0.4, 0.5) is 14.5 Å². The van der Waals surface area contributed by atoms with Crippen LogP contribution in [0.3, 0.4) is 0 Å². The first-order valence-corrected chi connectivity index (χ1v) is 8.24. The molecule has 1 aromatic carbocycles. The SMILES string of the molecule is CCCS(=O)(=O)CCSc1c(F)cc(N)cc1F. The highest BCUT2D eigenvalue weighted by atomic mass is 32.2. The first-order chi connectivity index (χ1) is 8.35. The highest BCUT2D eigenvalue weighted by molar-refractivity contribution is 8.00. The first-order valence-electron chi connectivity index (χ1n) is 5.43. The Morgan fingerprint density at radius 1 is 1.22 bits per heavy atom. The Balaban J connectivity index is 2.65. The average molecular weight is 295 g/mol. The fourth-order valence-electron chi connectivity index (χ4n) is 1.40. The molecule has 102 valence electrons. The highest BCUT2D eigenvalue weighted by Crippen LogP contribution is 2.27. The summed E-state index contributed by atoms with van der Waals surface area (Å²) in [7, 11) is -3.13. The largest absolute Gasteiger partial charge is 0.399 e. The molecule has 0 radical (unpaired) electrons. The molecule has 0 aromatic heterocycles.